The van der Waals surface area contributed by atoms with E-state index in [0.717, 1.165) is 32.2 Å². The summed E-state index contributed by atoms with van der Waals surface area (Å²) in [6.07, 6.45) is 5.88. The first-order chi connectivity index (χ1) is 10.8. The molecule has 0 spiro atoms. The largest absolute Gasteiger partial charge is 0.323 e. The Morgan fingerprint density at radius 2 is 2.00 bits per heavy atom. The Morgan fingerprint density at radius 1 is 1.18 bits per heavy atom. The van der Waals surface area contributed by atoms with Crippen LogP contribution in [0.5, 0.6) is 0 Å². The molecule has 1 aliphatic rings. The van der Waals surface area contributed by atoms with E-state index in [9.17, 15) is 4.79 Å². The normalized spacial score (nSPS) is 17.5. The molecular formula is C18H21N3O. The number of pyridine rings is 1. The number of hydrogen-bond donors (Lipinski definition) is 1. The van der Waals surface area contributed by atoms with Gasteiger partial charge in [-0.15, -0.1) is 0 Å². The van der Waals surface area contributed by atoms with Crippen LogP contribution < -0.4 is 5.32 Å². The first kappa shape index (κ1) is 14.6. The van der Waals surface area contributed by atoms with Crippen molar-refractivity contribution in [2.75, 3.05) is 11.9 Å². The van der Waals surface area contributed by atoms with E-state index in [0.29, 0.717) is 11.9 Å². The highest BCUT2D eigenvalue weighted by Crippen LogP contribution is 2.22. The predicted octanol–water partition coefficient (Wildman–Crippen LogP) is 3.71. The topological polar surface area (TPSA) is 45.2 Å². The monoisotopic (exact) mass is 295 g/mol. The zero-order valence-corrected chi connectivity index (χ0v) is 12.6. The lowest BCUT2D eigenvalue weighted by Gasteiger charge is -2.24. The third kappa shape index (κ3) is 3.64. The molecule has 1 aromatic heterocycles. The maximum Gasteiger partial charge on any atom is 0.323 e. The van der Waals surface area contributed by atoms with Crippen LogP contribution in [0.1, 0.15) is 24.8 Å². The van der Waals surface area contributed by atoms with E-state index in [4.69, 9.17) is 0 Å². The van der Waals surface area contributed by atoms with Crippen LogP contribution in [0.25, 0.3) is 0 Å². The second-order valence-corrected chi connectivity index (χ2v) is 5.66. The number of urea groups is 1. The van der Waals surface area contributed by atoms with Gasteiger partial charge in [0.2, 0.25) is 0 Å². The molecule has 2 amide bonds. The number of aromatic nitrogens is 1. The van der Waals surface area contributed by atoms with Crippen molar-refractivity contribution in [2.45, 2.75) is 31.7 Å². The van der Waals surface area contributed by atoms with Crippen LogP contribution in [0.2, 0.25) is 0 Å². The minimum Gasteiger partial charge on any atom is -0.322 e. The van der Waals surface area contributed by atoms with Crippen molar-refractivity contribution in [2.24, 2.45) is 0 Å². The summed E-state index contributed by atoms with van der Waals surface area (Å²) < 4.78 is 0. The smallest absolute Gasteiger partial charge is 0.322 e. The summed E-state index contributed by atoms with van der Waals surface area (Å²) >= 11 is 0. The Hall–Kier alpha value is -2.36. The Kier molecular flexibility index (Phi) is 4.68. The SMILES string of the molecule is O=C(Nc1ccccn1)N1CCC[C@H]1CCc1ccccc1. The predicted molar refractivity (Wildman–Crippen MR) is 87.7 cm³/mol. The molecule has 0 saturated carbocycles. The lowest BCUT2D eigenvalue weighted by Crippen LogP contribution is -2.39. The number of nitrogens with one attached hydrogen (secondary N) is 1. The number of likely N-dealkylation sites (tertiary alicyclic amines) is 1. The molecule has 1 atom stereocenters. The van der Waals surface area contributed by atoms with Crippen molar-refractivity contribution >= 4 is 11.8 Å². The van der Waals surface area contributed by atoms with Crippen LogP contribution in [0.4, 0.5) is 10.6 Å². The van der Waals surface area contributed by atoms with E-state index in [1.807, 2.05) is 29.2 Å². The second-order valence-electron chi connectivity index (χ2n) is 5.66. The van der Waals surface area contributed by atoms with E-state index in [1.165, 1.54) is 5.56 Å². The Labute approximate surface area is 131 Å². The lowest BCUT2D eigenvalue weighted by molar-refractivity contribution is 0.204. The maximum absolute atomic E-state index is 12.4. The quantitative estimate of drug-likeness (QED) is 0.934. The average Bonchev–Trinajstić information content (AvgIpc) is 3.03. The fraction of sp³-hybridized carbons (Fsp3) is 0.333. The van der Waals surface area contributed by atoms with Gasteiger partial charge in [0.1, 0.15) is 5.82 Å². The molecule has 4 nitrogen and oxygen atoms in total. The van der Waals surface area contributed by atoms with Gasteiger partial charge in [0, 0.05) is 18.8 Å². The average molecular weight is 295 g/mol. The minimum absolute atomic E-state index is 0.0331. The van der Waals surface area contributed by atoms with Gasteiger partial charge in [0.15, 0.2) is 0 Å². The van der Waals surface area contributed by atoms with Gasteiger partial charge in [0.25, 0.3) is 0 Å². The van der Waals surface area contributed by atoms with Crippen molar-refractivity contribution in [3.8, 4) is 0 Å². The Balaban J connectivity index is 1.57. The molecule has 22 heavy (non-hydrogen) atoms. The van der Waals surface area contributed by atoms with Crippen molar-refractivity contribution < 1.29 is 4.79 Å². The third-order valence-corrected chi connectivity index (χ3v) is 4.15. The molecule has 1 N–H and O–H groups in total. The number of nitrogens with zero attached hydrogens (tertiary/aromatic N) is 2. The highest BCUT2D eigenvalue weighted by atomic mass is 16.2. The molecule has 0 bridgehead atoms. The number of benzene rings is 1. The van der Waals surface area contributed by atoms with Gasteiger partial charge in [-0.25, -0.2) is 9.78 Å². The summed E-state index contributed by atoms with van der Waals surface area (Å²) in [6.45, 7) is 0.831. The maximum atomic E-state index is 12.4. The highest BCUT2D eigenvalue weighted by molar-refractivity contribution is 5.88. The van der Waals surface area contributed by atoms with Crippen LogP contribution in [0.15, 0.2) is 54.7 Å². The summed E-state index contributed by atoms with van der Waals surface area (Å²) in [5.41, 5.74) is 1.33. The number of carbonyl (C=O) groups is 1. The van der Waals surface area contributed by atoms with Gasteiger partial charge < -0.3 is 4.90 Å². The Morgan fingerprint density at radius 3 is 2.77 bits per heavy atom. The zero-order valence-electron chi connectivity index (χ0n) is 12.6. The molecule has 114 valence electrons. The van der Waals surface area contributed by atoms with Gasteiger partial charge in [0.05, 0.1) is 0 Å². The Bertz CT molecular complexity index is 600. The van der Waals surface area contributed by atoms with Crippen molar-refractivity contribution in [1.82, 2.24) is 9.88 Å². The molecule has 0 aliphatic carbocycles. The first-order valence-corrected chi connectivity index (χ1v) is 7.85. The number of hydrogen-bond acceptors (Lipinski definition) is 2. The van der Waals surface area contributed by atoms with E-state index in [1.54, 1.807) is 6.20 Å². The van der Waals surface area contributed by atoms with Crippen molar-refractivity contribution in [1.29, 1.82) is 0 Å². The number of rotatable bonds is 4. The summed E-state index contributed by atoms with van der Waals surface area (Å²) in [6, 6.07) is 16.3. The molecule has 0 unspecified atom stereocenters. The fourth-order valence-corrected chi connectivity index (χ4v) is 3.00. The first-order valence-electron chi connectivity index (χ1n) is 7.85. The standard InChI is InChI=1S/C18H21N3O/c22-18(20-17-10-4-5-13-19-17)21-14-6-9-16(21)12-11-15-7-2-1-3-8-15/h1-5,7-8,10,13,16H,6,9,11-12,14H2,(H,19,20,22)/t16-/m0/s1. The van der Waals surface area contributed by atoms with E-state index in [2.05, 4.69) is 34.6 Å². The van der Waals surface area contributed by atoms with Crippen LogP contribution in [-0.2, 0) is 6.42 Å². The summed E-state index contributed by atoms with van der Waals surface area (Å²) in [7, 11) is 0. The zero-order chi connectivity index (χ0) is 15.2. The summed E-state index contributed by atoms with van der Waals surface area (Å²) in [4.78, 5) is 18.5. The summed E-state index contributed by atoms with van der Waals surface area (Å²) in [5, 5.41) is 2.89. The highest BCUT2D eigenvalue weighted by Gasteiger charge is 2.28. The summed E-state index contributed by atoms with van der Waals surface area (Å²) in [5.74, 6) is 0.612. The van der Waals surface area contributed by atoms with Crippen LogP contribution in [0.3, 0.4) is 0 Å². The van der Waals surface area contributed by atoms with E-state index < -0.39 is 0 Å². The third-order valence-electron chi connectivity index (χ3n) is 4.15. The number of carbonyl (C=O) groups excluding carboxylic acids is 1. The van der Waals surface area contributed by atoms with Crippen LogP contribution in [-0.4, -0.2) is 28.5 Å². The van der Waals surface area contributed by atoms with Crippen LogP contribution >= 0.6 is 0 Å². The molecule has 2 aromatic rings. The van der Waals surface area contributed by atoms with E-state index >= 15 is 0 Å². The van der Waals surface area contributed by atoms with Crippen LogP contribution in [0, 0.1) is 0 Å². The van der Waals surface area contributed by atoms with E-state index in [-0.39, 0.29) is 6.03 Å². The number of aryl methyl sites for hydroxylation is 1. The van der Waals surface area contributed by atoms with Crippen molar-refractivity contribution in [3.63, 3.8) is 0 Å². The number of anilines is 1. The molecule has 1 aliphatic heterocycles. The lowest BCUT2D eigenvalue weighted by atomic mass is 10.0. The van der Waals surface area contributed by atoms with Gasteiger partial charge in [-0.05, 0) is 43.4 Å². The molecule has 1 aromatic carbocycles. The second kappa shape index (κ2) is 7.07. The molecule has 1 saturated heterocycles. The molecule has 4 heteroatoms. The minimum atomic E-state index is -0.0331. The van der Waals surface area contributed by atoms with Gasteiger partial charge in [-0.2, -0.15) is 0 Å². The molecule has 0 radical (unpaired) electrons. The molecule has 3 rings (SSSR count). The van der Waals surface area contributed by atoms with Gasteiger partial charge in [-0.1, -0.05) is 36.4 Å². The van der Waals surface area contributed by atoms with Gasteiger partial charge >= 0.3 is 6.03 Å². The molecule has 2 heterocycles. The van der Waals surface area contributed by atoms with Gasteiger partial charge in [-0.3, -0.25) is 5.32 Å². The number of amides is 2. The fourth-order valence-electron chi connectivity index (χ4n) is 3.00. The molecular weight excluding hydrogens is 274 g/mol. The molecule has 1 fully saturated rings. The van der Waals surface area contributed by atoms with Crippen molar-refractivity contribution in [3.05, 3.63) is 60.3 Å².